The average Bonchev–Trinajstić information content (AvgIpc) is 3.02. The van der Waals surface area contributed by atoms with Crippen LogP contribution in [0.15, 0.2) is 47.2 Å². The summed E-state index contributed by atoms with van der Waals surface area (Å²) in [5.41, 5.74) is 6.00. The lowest BCUT2D eigenvalue weighted by Crippen LogP contribution is -2.34. The summed E-state index contributed by atoms with van der Waals surface area (Å²) in [6.45, 7) is 3.73. The van der Waals surface area contributed by atoms with Gasteiger partial charge in [-0.25, -0.2) is 5.01 Å². The van der Waals surface area contributed by atoms with Crippen LogP contribution in [0.4, 0.5) is 5.69 Å². The number of anilines is 1. The molecule has 3 aliphatic rings. The van der Waals surface area contributed by atoms with E-state index >= 15 is 0 Å². The first-order valence-electron chi connectivity index (χ1n) is 8.93. The quantitative estimate of drug-likeness (QED) is 0.855. The van der Waals surface area contributed by atoms with E-state index in [9.17, 15) is 5.11 Å². The highest BCUT2D eigenvalue weighted by molar-refractivity contribution is 7.27. The molecule has 0 radical (unpaired) electrons. The summed E-state index contributed by atoms with van der Waals surface area (Å²) >= 11 is 0. The summed E-state index contributed by atoms with van der Waals surface area (Å²) in [5, 5.41) is 15.3. The number of hydrogen-bond donors (Lipinski definition) is 1. The molecule has 0 amide bonds. The summed E-state index contributed by atoms with van der Waals surface area (Å²) in [5.74, 6) is 0.624. The van der Waals surface area contributed by atoms with Gasteiger partial charge in [0.05, 0.1) is 11.4 Å². The van der Waals surface area contributed by atoms with E-state index in [-0.39, 0.29) is 5.41 Å². The standard InChI is InChI=1S/C20H27N2OP/c1-20-12-14-13-21(2)22(17-5-7-18(24)8-6-17)19(14)11-16(20)4-3-15(20)9-10-23/h5-8,11,15,23H,3-4,9-10,12-13,24H2,1-2H3. The molecule has 1 saturated carbocycles. The third-order valence-electron chi connectivity index (χ3n) is 6.26. The van der Waals surface area contributed by atoms with Crippen molar-refractivity contribution in [2.75, 3.05) is 25.2 Å². The van der Waals surface area contributed by atoms with E-state index in [0.29, 0.717) is 12.5 Å². The van der Waals surface area contributed by atoms with Gasteiger partial charge in [-0.1, -0.05) is 24.6 Å². The van der Waals surface area contributed by atoms with Crippen LogP contribution in [0, 0.1) is 11.3 Å². The van der Waals surface area contributed by atoms with Gasteiger partial charge in [-0.15, -0.1) is 9.24 Å². The van der Waals surface area contributed by atoms with E-state index in [0.717, 1.165) is 19.4 Å². The molecule has 0 bridgehead atoms. The van der Waals surface area contributed by atoms with Crippen LogP contribution in [0.2, 0.25) is 0 Å². The highest BCUT2D eigenvalue weighted by Gasteiger charge is 2.47. The molecule has 1 fully saturated rings. The van der Waals surface area contributed by atoms with Gasteiger partial charge in [-0.2, -0.15) is 0 Å². The van der Waals surface area contributed by atoms with Gasteiger partial charge in [0.2, 0.25) is 0 Å². The minimum absolute atomic E-state index is 0.252. The lowest BCUT2D eigenvalue weighted by atomic mass is 9.69. The van der Waals surface area contributed by atoms with Crippen molar-refractivity contribution >= 4 is 20.2 Å². The zero-order valence-electron chi connectivity index (χ0n) is 14.6. The number of likely N-dealkylation sites (N-methyl/N-ethyl adjacent to an activating group) is 1. The molecule has 1 aromatic rings. The zero-order chi connectivity index (χ0) is 16.9. The van der Waals surface area contributed by atoms with Crippen LogP contribution in [0.3, 0.4) is 0 Å². The highest BCUT2D eigenvalue weighted by atomic mass is 31.0. The number of hydrogen-bond acceptors (Lipinski definition) is 3. The van der Waals surface area contributed by atoms with Gasteiger partial charge in [-0.05, 0) is 66.1 Å². The molecule has 3 unspecified atom stereocenters. The Hall–Kier alpha value is -1.15. The van der Waals surface area contributed by atoms with Crippen LogP contribution in [-0.2, 0) is 0 Å². The van der Waals surface area contributed by atoms with Crippen LogP contribution in [-0.4, -0.2) is 30.3 Å². The van der Waals surface area contributed by atoms with Crippen molar-refractivity contribution in [3.63, 3.8) is 0 Å². The first kappa shape index (κ1) is 16.3. The lowest BCUT2D eigenvalue weighted by molar-refractivity contribution is 0.191. The summed E-state index contributed by atoms with van der Waals surface area (Å²) in [7, 11) is 4.93. The maximum absolute atomic E-state index is 9.42. The minimum Gasteiger partial charge on any atom is -0.396 e. The van der Waals surface area contributed by atoms with Gasteiger partial charge < -0.3 is 5.11 Å². The van der Waals surface area contributed by atoms with E-state index in [1.165, 1.54) is 29.5 Å². The number of rotatable bonds is 3. The second kappa shape index (κ2) is 5.98. The second-order valence-corrected chi connectivity index (χ2v) is 8.39. The molecule has 1 aromatic carbocycles. The Bertz CT molecular complexity index is 709. The summed E-state index contributed by atoms with van der Waals surface area (Å²) in [4.78, 5) is 0. The molecule has 4 rings (SSSR count). The maximum Gasteiger partial charge on any atom is 0.0586 e. The predicted octanol–water partition coefficient (Wildman–Crippen LogP) is 3.24. The van der Waals surface area contributed by atoms with Gasteiger partial charge in [0, 0.05) is 20.2 Å². The van der Waals surface area contributed by atoms with Crippen molar-refractivity contribution in [3.05, 3.63) is 47.2 Å². The molecule has 3 nitrogen and oxygen atoms in total. The van der Waals surface area contributed by atoms with Gasteiger partial charge >= 0.3 is 0 Å². The van der Waals surface area contributed by atoms with Gasteiger partial charge in [0.25, 0.3) is 0 Å². The van der Waals surface area contributed by atoms with Crippen molar-refractivity contribution in [1.82, 2.24) is 5.01 Å². The third-order valence-corrected chi connectivity index (χ3v) is 6.64. The normalized spacial score (nSPS) is 29.8. The van der Waals surface area contributed by atoms with Crippen LogP contribution < -0.4 is 10.3 Å². The Balaban J connectivity index is 1.69. The molecule has 0 aromatic heterocycles. The molecule has 1 N–H and O–H groups in total. The van der Waals surface area contributed by atoms with Crippen molar-refractivity contribution in [3.8, 4) is 0 Å². The van der Waals surface area contributed by atoms with Crippen molar-refractivity contribution in [2.45, 2.75) is 32.6 Å². The number of nitrogens with zero attached hydrogens (tertiary/aromatic N) is 2. The SMILES string of the molecule is CN1CC2=C(C=C3CCC(CCO)C3(C)C2)N1c1ccc(P)cc1. The van der Waals surface area contributed by atoms with E-state index in [1.54, 1.807) is 11.1 Å². The van der Waals surface area contributed by atoms with Gasteiger partial charge in [0.15, 0.2) is 0 Å². The minimum atomic E-state index is 0.252. The fraction of sp³-hybridized carbons (Fsp3) is 0.500. The van der Waals surface area contributed by atoms with Crippen LogP contribution in [0.5, 0.6) is 0 Å². The first-order valence-corrected chi connectivity index (χ1v) is 9.51. The maximum atomic E-state index is 9.42. The summed E-state index contributed by atoms with van der Waals surface area (Å²) in [6, 6.07) is 8.70. The Morgan fingerprint density at radius 1 is 1.29 bits per heavy atom. The summed E-state index contributed by atoms with van der Waals surface area (Å²) in [6.07, 6.45) is 6.93. The Kier molecular flexibility index (Phi) is 4.07. The molecule has 0 spiro atoms. The molecule has 1 aliphatic heterocycles. The van der Waals surface area contributed by atoms with Crippen LogP contribution >= 0.6 is 9.24 Å². The number of aliphatic hydroxyl groups is 1. The van der Waals surface area contributed by atoms with E-state index < -0.39 is 0 Å². The van der Waals surface area contributed by atoms with Crippen molar-refractivity contribution < 1.29 is 5.11 Å². The smallest absolute Gasteiger partial charge is 0.0586 e. The predicted molar refractivity (Wildman–Crippen MR) is 103 cm³/mol. The first-order chi connectivity index (χ1) is 11.5. The average molecular weight is 342 g/mol. The molecule has 0 saturated heterocycles. The molecular weight excluding hydrogens is 315 g/mol. The van der Waals surface area contributed by atoms with Crippen LogP contribution in [0.25, 0.3) is 0 Å². The monoisotopic (exact) mass is 342 g/mol. The van der Waals surface area contributed by atoms with E-state index in [4.69, 9.17) is 0 Å². The summed E-state index contributed by atoms with van der Waals surface area (Å²) < 4.78 is 0. The fourth-order valence-electron chi connectivity index (χ4n) is 4.94. The number of hydrazine groups is 1. The fourth-order valence-corrected chi connectivity index (χ4v) is 5.13. The van der Waals surface area contributed by atoms with Crippen molar-refractivity contribution in [1.29, 1.82) is 0 Å². The molecule has 3 atom stereocenters. The Morgan fingerprint density at radius 3 is 2.75 bits per heavy atom. The lowest BCUT2D eigenvalue weighted by Gasteiger charge is -2.37. The van der Waals surface area contributed by atoms with Crippen molar-refractivity contribution in [2.24, 2.45) is 11.3 Å². The highest BCUT2D eigenvalue weighted by Crippen LogP contribution is 2.56. The molecule has 1 heterocycles. The topological polar surface area (TPSA) is 26.7 Å². The largest absolute Gasteiger partial charge is 0.396 e. The Labute approximate surface area is 147 Å². The van der Waals surface area contributed by atoms with Gasteiger partial charge in [0.1, 0.15) is 0 Å². The molecular formula is C20H27N2OP. The zero-order valence-corrected chi connectivity index (χ0v) is 15.8. The van der Waals surface area contributed by atoms with Gasteiger partial charge in [-0.3, -0.25) is 5.01 Å². The number of benzene rings is 1. The Morgan fingerprint density at radius 2 is 2.04 bits per heavy atom. The number of fused-ring (bicyclic) bond motifs is 1. The number of allylic oxidation sites excluding steroid dienone is 2. The van der Waals surface area contributed by atoms with Crippen LogP contribution in [0.1, 0.15) is 32.6 Å². The second-order valence-electron chi connectivity index (χ2n) is 7.72. The third kappa shape index (κ3) is 2.45. The van der Waals surface area contributed by atoms with E-state index in [2.05, 4.69) is 63.6 Å². The van der Waals surface area contributed by atoms with E-state index in [1.807, 2.05) is 0 Å². The molecule has 24 heavy (non-hydrogen) atoms. The molecule has 4 heteroatoms. The number of aliphatic hydroxyl groups excluding tert-OH is 1. The molecule has 128 valence electrons. The molecule has 2 aliphatic carbocycles.